The maximum absolute atomic E-state index is 3.85. The topological polar surface area (TPSA) is 12.0 Å². The molecule has 16 heavy (non-hydrogen) atoms. The summed E-state index contributed by atoms with van der Waals surface area (Å²) in [4.78, 5) is 0. The number of rotatable bonds is 3. The highest BCUT2D eigenvalue weighted by molar-refractivity contribution is 4.89. The zero-order chi connectivity index (χ0) is 11.6. The van der Waals surface area contributed by atoms with Crippen molar-refractivity contribution < 1.29 is 0 Å². The van der Waals surface area contributed by atoms with Crippen molar-refractivity contribution >= 4 is 0 Å². The van der Waals surface area contributed by atoms with Crippen LogP contribution in [0.15, 0.2) is 0 Å². The number of nitrogens with one attached hydrogen (secondary N) is 1. The van der Waals surface area contributed by atoms with Gasteiger partial charge in [0.1, 0.15) is 0 Å². The highest BCUT2D eigenvalue weighted by Crippen LogP contribution is 2.39. The van der Waals surface area contributed by atoms with Gasteiger partial charge in [0.25, 0.3) is 0 Å². The van der Waals surface area contributed by atoms with Gasteiger partial charge in [-0.05, 0) is 42.9 Å². The summed E-state index contributed by atoms with van der Waals surface area (Å²) in [6, 6.07) is 0.800. The molecule has 0 aromatic carbocycles. The molecule has 2 saturated carbocycles. The molecule has 0 aliphatic heterocycles. The van der Waals surface area contributed by atoms with Crippen molar-refractivity contribution in [1.82, 2.24) is 5.32 Å². The van der Waals surface area contributed by atoms with Crippen molar-refractivity contribution in [1.29, 1.82) is 0 Å². The van der Waals surface area contributed by atoms with Crippen LogP contribution in [0.25, 0.3) is 0 Å². The van der Waals surface area contributed by atoms with E-state index < -0.39 is 0 Å². The molecule has 94 valence electrons. The Morgan fingerprint density at radius 2 is 1.69 bits per heavy atom. The lowest BCUT2D eigenvalue weighted by molar-refractivity contribution is 0.198. The van der Waals surface area contributed by atoms with Gasteiger partial charge in [-0.3, -0.25) is 0 Å². The maximum Gasteiger partial charge on any atom is 0.00725 e. The van der Waals surface area contributed by atoms with Gasteiger partial charge in [0, 0.05) is 12.6 Å². The smallest absolute Gasteiger partial charge is 0.00725 e. The molecule has 1 unspecified atom stereocenters. The van der Waals surface area contributed by atoms with Crippen molar-refractivity contribution in [2.75, 3.05) is 6.54 Å². The zero-order valence-corrected chi connectivity index (χ0v) is 11.4. The molecule has 2 aliphatic carbocycles. The van der Waals surface area contributed by atoms with E-state index in [4.69, 9.17) is 0 Å². The molecule has 0 heterocycles. The van der Waals surface area contributed by atoms with Gasteiger partial charge in [0.05, 0.1) is 0 Å². The summed E-state index contributed by atoms with van der Waals surface area (Å²) >= 11 is 0. The average molecular weight is 223 g/mol. The Bertz CT molecular complexity index is 226. The third-order valence-corrected chi connectivity index (χ3v) is 4.85. The van der Waals surface area contributed by atoms with E-state index in [1.807, 2.05) is 0 Å². The minimum absolute atomic E-state index is 0.588. The molecule has 1 atom stereocenters. The van der Waals surface area contributed by atoms with Crippen LogP contribution in [-0.4, -0.2) is 12.6 Å². The first-order chi connectivity index (χ1) is 7.49. The zero-order valence-electron chi connectivity index (χ0n) is 11.4. The predicted octanol–water partition coefficient (Wildman–Crippen LogP) is 4.13. The summed E-state index contributed by atoms with van der Waals surface area (Å²) in [6.07, 6.45) is 11.4. The van der Waals surface area contributed by atoms with Gasteiger partial charge in [-0.25, -0.2) is 0 Å². The largest absolute Gasteiger partial charge is 0.313 e. The second-order valence-electron chi connectivity index (χ2n) is 7.36. The summed E-state index contributed by atoms with van der Waals surface area (Å²) in [7, 11) is 0. The lowest BCUT2D eigenvalue weighted by atomic mass is 9.75. The van der Waals surface area contributed by atoms with Gasteiger partial charge in [-0.2, -0.15) is 0 Å². The molecule has 0 saturated heterocycles. The van der Waals surface area contributed by atoms with Crippen LogP contribution in [-0.2, 0) is 0 Å². The van der Waals surface area contributed by atoms with Crippen LogP contribution in [0.2, 0.25) is 0 Å². The molecular formula is C15H29N. The van der Waals surface area contributed by atoms with Crippen LogP contribution >= 0.6 is 0 Å². The summed E-state index contributed by atoms with van der Waals surface area (Å²) in [5, 5.41) is 3.85. The van der Waals surface area contributed by atoms with E-state index in [2.05, 4.69) is 26.1 Å². The van der Waals surface area contributed by atoms with E-state index in [9.17, 15) is 0 Å². The number of hydrogen-bond acceptors (Lipinski definition) is 1. The Morgan fingerprint density at radius 3 is 2.25 bits per heavy atom. The first-order valence-corrected chi connectivity index (χ1v) is 7.23. The Labute approximate surface area is 101 Å². The Hall–Kier alpha value is -0.0400. The fourth-order valence-corrected chi connectivity index (χ4v) is 3.58. The Kier molecular flexibility index (Phi) is 3.63. The second kappa shape index (κ2) is 4.68. The summed E-state index contributed by atoms with van der Waals surface area (Å²) in [6.45, 7) is 8.57. The van der Waals surface area contributed by atoms with Crippen molar-refractivity contribution in [2.24, 2.45) is 10.8 Å². The molecule has 0 amide bonds. The predicted molar refractivity (Wildman–Crippen MR) is 70.6 cm³/mol. The van der Waals surface area contributed by atoms with E-state index in [1.165, 1.54) is 57.9 Å². The van der Waals surface area contributed by atoms with Crippen LogP contribution in [0.3, 0.4) is 0 Å². The quantitative estimate of drug-likeness (QED) is 0.758. The van der Waals surface area contributed by atoms with Crippen LogP contribution in [0.4, 0.5) is 0 Å². The van der Waals surface area contributed by atoms with Crippen molar-refractivity contribution in [3.63, 3.8) is 0 Å². The molecular weight excluding hydrogens is 194 g/mol. The molecule has 0 aromatic heterocycles. The molecule has 2 fully saturated rings. The van der Waals surface area contributed by atoms with E-state index in [0.29, 0.717) is 10.8 Å². The Balaban J connectivity index is 1.75. The van der Waals surface area contributed by atoms with Gasteiger partial charge in [-0.1, -0.05) is 40.0 Å². The van der Waals surface area contributed by atoms with Gasteiger partial charge in [-0.15, -0.1) is 0 Å². The Morgan fingerprint density at radius 1 is 1.00 bits per heavy atom. The third-order valence-electron chi connectivity index (χ3n) is 4.85. The van der Waals surface area contributed by atoms with Crippen LogP contribution < -0.4 is 5.32 Å². The average Bonchev–Trinajstić information content (AvgIpc) is 2.57. The number of hydrogen-bond donors (Lipinski definition) is 1. The molecule has 0 aromatic rings. The van der Waals surface area contributed by atoms with Crippen molar-refractivity contribution in [2.45, 2.75) is 78.2 Å². The van der Waals surface area contributed by atoms with E-state index >= 15 is 0 Å². The van der Waals surface area contributed by atoms with Gasteiger partial charge >= 0.3 is 0 Å². The van der Waals surface area contributed by atoms with Gasteiger partial charge < -0.3 is 5.32 Å². The molecule has 0 bridgehead atoms. The summed E-state index contributed by atoms with van der Waals surface area (Å²) in [5.74, 6) is 0. The first kappa shape index (κ1) is 12.4. The van der Waals surface area contributed by atoms with Gasteiger partial charge in [0.2, 0.25) is 0 Å². The summed E-state index contributed by atoms with van der Waals surface area (Å²) < 4.78 is 0. The standard InChI is InChI=1S/C15H29N/c1-14(2)10-7-13(11-14)16-12-15(3)8-5-4-6-9-15/h13,16H,4-12H2,1-3H3. The van der Waals surface area contributed by atoms with Crippen molar-refractivity contribution in [3.05, 3.63) is 0 Å². The monoisotopic (exact) mass is 223 g/mol. The van der Waals surface area contributed by atoms with Gasteiger partial charge in [0.15, 0.2) is 0 Å². The van der Waals surface area contributed by atoms with E-state index in [-0.39, 0.29) is 0 Å². The molecule has 0 spiro atoms. The van der Waals surface area contributed by atoms with E-state index in [0.717, 1.165) is 6.04 Å². The normalized spacial score (nSPS) is 32.8. The highest BCUT2D eigenvalue weighted by Gasteiger charge is 2.33. The molecule has 2 rings (SSSR count). The van der Waals surface area contributed by atoms with Crippen LogP contribution in [0.1, 0.15) is 72.1 Å². The molecule has 0 radical (unpaired) electrons. The highest BCUT2D eigenvalue weighted by atomic mass is 14.9. The second-order valence-corrected chi connectivity index (χ2v) is 7.36. The minimum Gasteiger partial charge on any atom is -0.313 e. The maximum atomic E-state index is 3.85. The van der Waals surface area contributed by atoms with E-state index in [1.54, 1.807) is 0 Å². The van der Waals surface area contributed by atoms with Crippen LogP contribution in [0, 0.1) is 10.8 Å². The first-order valence-electron chi connectivity index (χ1n) is 7.23. The lowest BCUT2D eigenvalue weighted by Crippen LogP contribution is -2.38. The molecule has 1 heteroatoms. The van der Waals surface area contributed by atoms with Crippen molar-refractivity contribution in [3.8, 4) is 0 Å². The fraction of sp³-hybridized carbons (Fsp3) is 1.00. The van der Waals surface area contributed by atoms with Crippen LogP contribution in [0.5, 0.6) is 0 Å². The SMILES string of the molecule is CC1(C)CCC(NCC2(C)CCCCC2)C1. The summed E-state index contributed by atoms with van der Waals surface area (Å²) in [5.41, 5.74) is 1.19. The fourth-order valence-electron chi connectivity index (χ4n) is 3.58. The third kappa shape index (κ3) is 3.23. The molecule has 1 nitrogen and oxygen atoms in total. The minimum atomic E-state index is 0.588. The molecule has 2 aliphatic rings. The molecule has 1 N–H and O–H groups in total. The lowest BCUT2D eigenvalue weighted by Gasteiger charge is -2.35.